The topological polar surface area (TPSA) is 90.0 Å². The van der Waals surface area contributed by atoms with E-state index in [1.807, 2.05) is 18.2 Å². The number of anilines is 1. The summed E-state index contributed by atoms with van der Waals surface area (Å²) in [5.74, 6) is -2.47. The van der Waals surface area contributed by atoms with E-state index < -0.39 is 46.2 Å². The maximum absolute atomic E-state index is 14.8. The van der Waals surface area contributed by atoms with Crippen molar-refractivity contribution in [1.29, 1.82) is 0 Å². The lowest BCUT2D eigenvalue weighted by molar-refractivity contribution is -0.140. The molecule has 0 aliphatic rings. The quantitative estimate of drug-likeness (QED) is 0.369. The van der Waals surface area contributed by atoms with E-state index in [1.165, 1.54) is 61.5 Å². The summed E-state index contributed by atoms with van der Waals surface area (Å²) in [6.45, 7) is 1.17. The second kappa shape index (κ2) is 13.3. The van der Waals surface area contributed by atoms with E-state index in [-0.39, 0.29) is 18.7 Å². The molecule has 0 saturated heterocycles. The first-order chi connectivity index (χ1) is 18.5. The molecule has 0 aliphatic carbocycles. The number of nitrogens with zero attached hydrogens (tertiary/aromatic N) is 3. The van der Waals surface area contributed by atoms with Crippen LogP contribution in [0.2, 0.25) is 0 Å². The van der Waals surface area contributed by atoms with Gasteiger partial charge in [0.2, 0.25) is 11.8 Å². The normalized spacial score (nSPS) is 12.2. The van der Waals surface area contributed by atoms with E-state index >= 15 is 0 Å². The number of rotatable bonds is 12. The van der Waals surface area contributed by atoms with Gasteiger partial charge in [0.15, 0.2) is 0 Å². The Morgan fingerprint density at radius 3 is 2.08 bits per heavy atom. The van der Waals surface area contributed by atoms with Crippen molar-refractivity contribution >= 4 is 27.7 Å². The van der Waals surface area contributed by atoms with Crippen LogP contribution in [-0.2, 0) is 32.8 Å². The molecule has 0 spiro atoms. The summed E-state index contributed by atoms with van der Waals surface area (Å²) < 4.78 is 56.4. The highest BCUT2D eigenvalue weighted by Crippen LogP contribution is 2.24. The fourth-order valence-corrected chi connectivity index (χ4v) is 5.05. The molecule has 3 aromatic carbocycles. The van der Waals surface area contributed by atoms with Gasteiger partial charge in [-0.2, -0.15) is 12.7 Å². The third-order valence-corrected chi connectivity index (χ3v) is 7.83. The number of hydrogen-bond donors (Lipinski definition) is 1. The zero-order chi connectivity index (χ0) is 28.6. The summed E-state index contributed by atoms with van der Waals surface area (Å²) in [4.78, 5) is 28.5. The SMILES string of the molecule is CCNC(=O)C(Cc1ccccc1)N(Cc1ccc(F)cc1)C(=O)CN(c1ccccc1F)S(=O)(=O)N(C)C. The van der Waals surface area contributed by atoms with Crippen molar-refractivity contribution in [1.82, 2.24) is 14.5 Å². The van der Waals surface area contributed by atoms with Crippen LogP contribution >= 0.6 is 0 Å². The van der Waals surface area contributed by atoms with Gasteiger partial charge in [0.1, 0.15) is 24.2 Å². The van der Waals surface area contributed by atoms with Crippen LogP contribution in [0.5, 0.6) is 0 Å². The Morgan fingerprint density at radius 2 is 1.49 bits per heavy atom. The van der Waals surface area contributed by atoms with Gasteiger partial charge in [0.25, 0.3) is 0 Å². The van der Waals surface area contributed by atoms with E-state index in [0.29, 0.717) is 16.4 Å². The number of hydrogen-bond acceptors (Lipinski definition) is 4. The molecule has 1 N–H and O–H groups in total. The largest absolute Gasteiger partial charge is 0.355 e. The molecule has 1 atom stereocenters. The van der Waals surface area contributed by atoms with Crippen molar-refractivity contribution in [3.63, 3.8) is 0 Å². The molecule has 0 saturated carbocycles. The number of benzene rings is 3. The van der Waals surface area contributed by atoms with Crippen LogP contribution in [0.1, 0.15) is 18.1 Å². The fourth-order valence-electron chi connectivity index (χ4n) is 3.99. The predicted octanol–water partition coefficient (Wildman–Crippen LogP) is 3.35. The third kappa shape index (κ3) is 7.61. The first kappa shape index (κ1) is 29.7. The standard InChI is InChI=1S/C28H32F2N4O4S/c1-4-31-28(36)26(18-21-10-6-5-7-11-21)33(19-22-14-16-23(29)17-15-22)27(35)20-34(39(37,38)32(2)3)25-13-9-8-12-24(25)30/h5-17,26H,4,18-20H2,1-3H3,(H,31,36). The fraction of sp³-hybridized carbons (Fsp3) is 0.286. The van der Waals surface area contributed by atoms with Crippen LogP contribution in [0.4, 0.5) is 14.5 Å². The zero-order valence-corrected chi connectivity index (χ0v) is 22.9. The van der Waals surface area contributed by atoms with Gasteiger partial charge >= 0.3 is 10.2 Å². The minimum atomic E-state index is -4.31. The molecule has 1 unspecified atom stereocenters. The minimum Gasteiger partial charge on any atom is -0.355 e. The van der Waals surface area contributed by atoms with Crippen molar-refractivity contribution < 1.29 is 26.8 Å². The Hall–Kier alpha value is -3.83. The summed E-state index contributed by atoms with van der Waals surface area (Å²) in [5.41, 5.74) is 0.997. The highest BCUT2D eigenvalue weighted by Gasteiger charge is 2.35. The highest BCUT2D eigenvalue weighted by atomic mass is 32.2. The molecule has 3 rings (SSSR count). The van der Waals surface area contributed by atoms with Gasteiger partial charge in [-0.1, -0.05) is 54.6 Å². The van der Waals surface area contributed by atoms with Crippen molar-refractivity contribution in [3.05, 3.63) is 102 Å². The number of halogens is 2. The number of amides is 2. The second-order valence-electron chi connectivity index (χ2n) is 9.00. The first-order valence-corrected chi connectivity index (χ1v) is 13.7. The van der Waals surface area contributed by atoms with Crippen molar-refractivity contribution in [3.8, 4) is 0 Å². The van der Waals surface area contributed by atoms with Gasteiger partial charge in [-0.25, -0.2) is 13.1 Å². The molecular formula is C28H32F2N4O4S. The van der Waals surface area contributed by atoms with Gasteiger partial charge < -0.3 is 10.2 Å². The molecule has 0 radical (unpaired) electrons. The number of nitrogens with one attached hydrogen (secondary N) is 1. The molecule has 11 heteroatoms. The van der Waals surface area contributed by atoms with E-state index in [4.69, 9.17) is 0 Å². The summed E-state index contributed by atoms with van der Waals surface area (Å²) in [6, 6.07) is 18.7. The maximum atomic E-state index is 14.8. The third-order valence-electron chi connectivity index (χ3n) is 6.03. The van der Waals surface area contributed by atoms with Crippen LogP contribution in [0.25, 0.3) is 0 Å². The molecule has 2 amide bonds. The van der Waals surface area contributed by atoms with Gasteiger partial charge in [-0.3, -0.25) is 9.59 Å². The molecule has 0 aliphatic heterocycles. The van der Waals surface area contributed by atoms with Gasteiger partial charge in [-0.05, 0) is 42.3 Å². The average Bonchev–Trinajstić information content (AvgIpc) is 2.91. The van der Waals surface area contributed by atoms with Gasteiger partial charge in [-0.15, -0.1) is 0 Å². The lowest BCUT2D eigenvalue weighted by Crippen LogP contribution is -2.54. The molecule has 39 heavy (non-hydrogen) atoms. The van der Waals surface area contributed by atoms with E-state index in [9.17, 15) is 26.8 Å². The lowest BCUT2D eigenvalue weighted by atomic mass is 10.0. The summed E-state index contributed by atoms with van der Waals surface area (Å²) in [5, 5.41) is 2.75. The predicted molar refractivity (Wildman–Crippen MR) is 146 cm³/mol. The molecule has 3 aromatic rings. The average molecular weight is 559 g/mol. The van der Waals surface area contributed by atoms with Gasteiger partial charge in [0, 0.05) is 33.6 Å². The van der Waals surface area contributed by atoms with E-state index in [1.54, 1.807) is 19.1 Å². The highest BCUT2D eigenvalue weighted by molar-refractivity contribution is 7.90. The Bertz CT molecular complexity index is 1370. The van der Waals surface area contributed by atoms with Crippen LogP contribution in [0, 0.1) is 11.6 Å². The maximum Gasteiger partial charge on any atom is 0.304 e. The van der Waals surface area contributed by atoms with E-state index in [0.717, 1.165) is 15.9 Å². The van der Waals surface area contributed by atoms with Crippen molar-refractivity contribution in [2.75, 3.05) is 31.5 Å². The van der Waals surface area contributed by atoms with Crippen LogP contribution in [0.15, 0.2) is 78.9 Å². The van der Waals surface area contributed by atoms with Crippen LogP contribution < -0.4 is 9.62 Å². The number of likely N-dealkylation sites (N-methyl/N-ethyl adjacent to an activating group) is 1. The monoisotopic (exact) mass is 558 g/mol. The lowest BCUT2D eigenvalue weighted by Gasteiger charge is -2.34. The number of carbonyl (C=O) groups excluding carboxylic acids is 2. The van der Waals surface area contributed by atoms with E-state index in [2.05, 4.69) is 5.32 Å². The molecule has 0 fully saturated rings. The number of para-hydroxylation sites is 1. The smallest absolute Gasteiger partial charge is 0.304 e. The van der Waals surface area contributed by atoms with Crippen molar-refractivity contribution in [2.24, 2.45) is 0 Å². The van der Waals surface area contributed by atoms with Crippen LogP contribution in [0.3, 0.4) is 0 Å². The van der Waals surface area contributed by atoms with Crippen LogP contribution in [-0.4, -0.2) is 62.7 Å². The summed E-state index contributed by atoms with van der Waals surface area (Å²) in [7, 11) is -1.76. The molecule has 0 heterocycles. The minimum absolute atomic E-state index is 0.110. The Kier molecular flexibility index (Phi) is 10.1. The summed E-state index contributed by atoms with van der Waals surface area (Å²) in [6.07, 6.45) is 0.139. The Balaban J connectivity index is 2.08. The molecule has 208 valence electrons. The summed E-state index contributed by atoms with van der Waals surface area (Å²) >= 11 is 0. The molecule has 8 nitrogen and oxygen atoms in total. The molecule has 0 aromatic heterocycles. The Morgan fingerprint density at radius 1 is 0.872 bits per heavy atom. The first-order valence-electron chi connectivity index (χ1n) is 12.3. The number of carbonyl (C=O) groups is 2. The second-order valence-corrected chi connectivity index (χ2v) is 11.1. The van der Waals surface area contributed by atoms with Crippen molar-refractivity contribution in [2.45, 2.75) is 25.9 Å². The zero-order valence-electron chi connectivity index (χ0n) is 22.1. The molecule has 0 bridgehead atoms. The Labute approximate surface area is 228 Å². The van der Waals surface area contributed by atoms with Gasteiger partial charge in [0.05, 0.1) is 5.69 Å². The molecular weight excluding hydrogens is 526 g/mol.